The van der Waals surface area contributed by atoms with E-state index in [4.69, 9.17) is 0 Å². The van der Waals surface area contributed by atoms with Crippen LogP contribution in [0.5, 0.6) is 0 Å². The monoisotopic (exact) mass is 237 g/mol. The van der Waals surface area contributed by atoms with Crippen LogP contribution >= 0.6 is 0 Å². The van der Waals surface area contributed by atoms with E-state index in [1.807, 2.05) is 41.0 Å². The Morgan fingerprint density at radius 2 is 1.39 bits per heavy atom. The lowest BCUT2D eigenvalue weighted by molar-refractivity contribution is -0.108. The summed E-state index contributed by atoms with van der Waals surface area (Å²) < 4.78 is 1.87. The van der Waals surface area contributed by atoms with Crippen LogP contribution in [0.3, 0.4) is 0 Å². The van der Waals surface area contributed by atoms with Gasteiger partial charge >= 0.3 is 0 Å². The number of benzene rings is 2. The van der Waals surface area contributed by atoms with Gasteiger partial charge in [0.2, 0.25) is 0 Å². The molecule has 1 aromatic heterocycles. The lowest BCUT2D eigenvalue weighted by atomic mass is 10.1. The lowest BCUT2D eigenvalue weighted by Crippen LogP contribution is -2.11. The average Bonchev–Trinajstić information content (AvgIpc) is 2.43. The van der Waals surface area contributed by atoms with E-state index in [1.165, 1.54) is 0 Å². The zero-order valence-electron chi connectivity index (χ0n) is 9.67. The van der Waals surface area contributed by atoms with Crippen molar-refractivity contribution >= 4 is 28.1 Å². The number of carbonyl (C=O) groups is 1. The number of nitrogens with zero attached hydrogens (tertiary/aromatic N) is 1. The fourth-order valence-electron chi connectivity index (χ4n) is 2.35. The standard InChI is InChI=1S/C15H11NO2/c17-10-9-16-13-7-3-1-5-11(13)15(18)12-6-2-4-8-14(12)16/h1-8,10H,9H2. The second-order valence-corrected chi connectivity index (χ2v) is 4.14. The van der Waals surface area contributed by atoms with E-state index >= 15 is 0 Å². The third-order valence-electron chi connectivity index (χ3n) is 3.14. The molecule has 0 unspecified atom stereocenters. The molecule has 3 heteroatoms. The van der Waals surface area contributed by atoms with Crippen LogP contribution in [0.1, 0.15) is 0 Å². The normalized spacial score (nSPS) is 10.9. The number of pyridine rings is 1. The van der Waals surface area contributed by atoms with Gasteiger partial charge in [-0.3, -0.25) is 4.79 Å². The molecule has 18 heavy (non-hydrogen) atoms. The highest BCUT2D eigenvalue weighted by molar-refractivity contribution is 5.93. The maximum atomic E-state index is 12.3. The van der Waals surface area contributed by atoms with Gasteiger partial charge in [0, 0.05) is 10.8 Å². The smallest absolute Gasteiger partial charge is 0.197 e. The zero-order valence-corrected chi connectivity index (χ0v) is 9.67. The molecule has 0 fully saturated rings. The number of aldehydes is 1. The largest absolute Gasteiger partial charge is 0.333 e. The molecule has 0 radical (unpaired) electrons. The van der Waals surface area contributed by atoms with Gasteiger partial charge in [0.05, 0.1) is 17.6 Å². The highest BCUT2D eigenvalue weighted by atomic mass is 16.1. The minimum atomic E-state index is 0.0170. The summed E-state index contributed by atoms with van der Waals surface area (Å²) in [6.45, 7) is 0.251. The number of hydrogen-bond donors (Lipinski definition) is 0. The molecule has 0 amide bonds. The van der Waals surface area contributed by atoms with Crippen LogP contribution in [0.2, 0.25) is 0 Å². The molecule has 3 aromatic rings. The molecule has 0 N–H and O–H groups in total. The van der Waals surface area contributed by atoms with Crippen molar-refractivity contribution in [1.29, 1.82) is 0 Å². The summed E-state index contributed by atoms with van der Waals surface area (Å²) in [5.41, 5.74) is 1.62. The fraction of sp³-hybridized carbons (Fsp3) is 0.0667. The highest BCUT2D eigenvalue weighted by Crippen LogP contribution is 2.18. The molecule has 0 saturated carbocycles. The van der Waals surface area contributed by atoms with Gasteiger partial charge in [0.1, 0.15) is 6.29 Å². The number of carbonyl (C=O) groups excluding carboxylic acids is 1. The Kier molecular flexibility index (Phi) is 2.45. The van der Waals surface area contributed by atoms with E-state index < -0.39 is 0 Å². The third kappa shape index (κ3) is 1.44. The Hall–Kier alpha value is -2.42. The number of fused-ring (bicyclic) bond motifs is 2. The van der Waals surface area contributed by atoms with Crippen molar-refractivity contribution < 1.29 is 4.79 Å². The Morgan fingerprint density at radius 3 is 1.89 bits per heavy atom. The van der Waals surface area contributed by atoms with E-state index in [1.54, 1.807) is 12.1 Å². The van der Waals surface area contributed by atoms with Crippen molar-refractivity contribution in [2.45, 2.75) is 6.54 Å². The molecule has 0 saturated heterocycles. The molecule has 0 aliphatic heterocycles. The van der Waals surface area contributed by atoms with Gasteiger partial charge in [0.25, 0.3) is 0 Å². The summed E-state index contributed by atoms with van der Waals surface area (Å²) in [5, 5.41) is 1.30. The maximum Gasteiger partial charge on any atom is 0.197 e. The van der Waals surface area contributed by atoms with E-state index in [-0.39, 0.29) is 12.0 Å². The van der Waals surface area contributed by atoms with Crippen LogP contribution in [0.25, 0.3) is 21.8 Å². The fourth-order valence-corrected chi connectivity index (χ4v) is 2.35. The minimum Gasteiger partial charge on any atom is -0.333 e. The van der Waals surface area contributed by atoms with Gasteiger partial charge in [-0.15, -0.1) is 0 Å². The van der Waals surface area contributed by atoms with E-state index in [9.17, 15) is 9.59 Å². The first-order chi connectivity index (χ1) is 8.83. The molecule has 3 rings (SSSR count). The van der Waals surface area contributed by atoms with Crippen LogP contribution in [0, 0.1) is 0 Å². The topological polar surface area (TPSA) is 39.1 Å². The molecule has 0 atom stereocenters. The summed E-state index contributed by atoms with van der Waals surface area (Å²) in [4.78, 5) is 23.2. The van der Waals surface area contributed by atoms with Crippen molar-refractivity contribution in [3.05, 3.63) is 58.8 Å². The van der Waals surface area contributed by atoms with E-state index in [0.29, 0.717) is 10.8 Å². The van der Waals surface area contributed by atoms with E-state index in [0.717, 1.165) is 17.3 Å². The van der Waals surface area contributed by atoms with Gasteiger partial charge in [0.15, 0.2) is 5.43 Å². The Morgan fingerprint density at radius 1 is 0.889 bits per heavy atom. The van der Waals surface area contributed by atoms with Crippen LogP contribution in [0.15, 0.2) is 53.3 Å². The summed E-state index contributed by atoms with van der Waals surface area (Å²) in [7, 11) is 0. The number of rotatable bonds is 2. The Bertz CT molecular complexity index is 742. The molecule has 88 valence electrons. The zero-order chi connectivity index (χ0) is 12.5. The lowest BCUT2D eigenvalue weighted by Gasteiger charge is -2.12. The minimum absolute atomic E-state index is 0.0170. The molecule has 3 nitrogen and oxygen atoms in total. The molecule has 0 spiro atoms. The first-order valence-corrected chi connectivity index (χ1v) is 5.77. The van der Waals surface area contributed by atoms with Gasteiger partial charge in [-0.2, -0.15) is 0 Å². The first-order valence-electron chi connectivity index (χ1n) is 5.77. The molecule has 0 aliphatic rings. The van der Waals surface area contributed by atoms with Crippen LogP contribution in [-0.2, 0) is 11.3 Å². The van der Waals surface area contributed by atoms with Crippen LogP contribution in [0.4, 0.5) is 0 Å². The number of hydrogen-bond acceptors (Lipinski definition) is 2. The predicted octanol–water partition coefficient (Wildman–Crippen LogP) is 2.35. The molecule has 0 aliphatic carbocycles. The highest BCUT2D eigenvalue weighted by Gasteiger charge is 2.08. The van der Waals surface area contributed by atoms with Crippen molar-refractivity contribution in [2.75, 3.05) is 0 Å². The summed E-state index contributed by atoms with van der Waals surface area (Å²) in [6, 6.07) is 14.7. The van der Waals surface area contributed by atoms with Gasteiger partial charge < -0.3 is 9.36 Å². The van der Waals surface area contributed by atoms with Crippen molar-refractivity contribution in [3.8, 4) is 0 Å². The van der Waals surface area contributed by atoms with Gasteiger partial charge in [-0.1, -0.05) is 24.3 Å². The predicted molar refractivity (Wildman–Crippen MR) is 71.8 cm³/mol. The molecule has 2 aromatic carbocycles. The SMILES string of the molecule is O=CCn1c2ccccc2c(=O)c2ccccc21. The Labute approximate surface area is 103 Å². The molecular weight excluding hydrogens is 226 g/mol. The number of aromatic nitrogens is 1. The first kappa shape index (κ1) is 10.7. The summed E-state index contributed by atoms with van der Waals surface area (Å²) >= 11 is 0. The number of para-hydroxylation sites is 2. The van der Waals surface area contributed by atoms with Crippen molar-refractivity contribution in [2.24, 2.45) is 0 Å². The van der Waals surface area contributed by atoms with Crippen molar-refractivity contribution in [3.63, 3.8) is 0 Å². The summed E-state index contributed by atoms with van der Waals surface area (Å²) in [6.07, 6.45) is 0.851. The average molecular weight is 237 g/mol. The third-order valence-corrected chi connectivity index (χ3v) is 3.14. The molecule has 0 bridgehead atoms. The van der Waals surface area contributed by atoms with E-state index in [2.05, 4.69) is 0 Å². The molecular formula is C15H11NO2. The maximum absolute atomic E-state index is 12.3. The Balaban J connectivity index is 2.62. The van der Waals surface area contributed by atoms with Crippen LogP contribution < -0.4 is 5.43 Å². The van der Waals surface area contributed by atoms with Crippen molar-refractivity contribution in [1.82, 2.24) is 4.57 Å². The quantitative estimate of drug-likeness (QED) is 0.507. The second kappa shape index (κ2) is 4.11. The van der Waals surface area contributed by atoms with Crippen LogP contribution in [-0.4, -0.2) is 10.9 Å². The van der Waals surface area contributed by atoms with Gasteiger partial charge in [-0.25, -0.2) is 0 Å². The summed E-state index contributed by atoms with van der Waals surface area (Å²) in [5.74, 6) is 0. The molecule has 1 heterocycles. The second-order valence-electron chi connectivity index (χ2n) is 4.14. The van der Waals surface area contributed by atoms with Gasteiger partial charge in [-0.05, 0) is 24.3 Å².